The highest BCUT2D eigenvalue weighted by Crippen LogP contribution is 2.41. The number of carbonyl (C=O) groups excluding carboxylic acids is 2. The number of halogens is 2. The van der Waals surface area contributed by atoms with Crippen molar-refractivity contribution in [2.24, 2.45) is 0 Å². The normalized spacial score (nSPS) is 14.4. The molecule has 3 aromatic carbocycles. The fraction of sp³-hybridized carbons (Fsp3) is 0.0833. The molecule has 0 unspecified atom stereocenters. The number of amides is 1. The Hall–Kier alpha value is -3.33. The molecule has 0 saturated heterocycles. The van der Waals surface area contributed by atoms with E-state index in [4.69, 9.17) is 27.9 Å². The lowest BCUT2D eigenvalue weighted by atomic mass is 9.95. The van der Waals surface area contributed by atoms with Gasteiger partial charge in [0.1, 0.15) is 12.2 Å². The number of esters is 1. The lowest BCUT2D eigenvalue weighted by molar-refractivity contribution is -0.137. The van der Waals surface area contributed by atoms with E-state index < -0.39 is 28.4 Å². The van der Waals surface area contributed by atoms with Crippen LogP contribution in [0.2, 0.25) is 10.0 Å². The number of sulfonamides is 1. The van der Waals surface area contributed by atoms with Crippen LogP contribution in [0.25, 0.3) is 5.57 Å². The molecular formula is C24H18Cl2N2O5S. The van der Waals surface area contributed by atoms with Gasteiger partial charge in [0.25, 0.3) is 10.0 Å². The van der Waals surface area contributed by atoms with Crippen LogP contribution in [0.4, 0.5) is 5.69 Å². The van der Waals surface area contributed by atoms with Crippen LogP contribution in [0.1, 0.15) is 11.1 Å². The fourth-order valence-corrected chi connectivity index (χ4v) is 5.55. The zero-order chi connectivity index (χ0) is 24.5. The molecule has 0 fully saturated rings. The smallest absolute Gasteiger partial charge is 0.356 e. The quantitative estimate of drug-likeness (QED) is 0.501. The van der Waals surface area contributed by atoms with Crippen molar-refractivity contribution in [1.82, 2.24) is 4.31 Å². The Labute approximate surface area is 206 Å². The van der Waals surface area contributed by atoms with Gasteiger partial charge in [-0.15, -0.1) is 0 Å². The van der Waals surface area contributed by atoms with E-state index in [9.17, 15) is 18.0 Å². The Bertz CT molecular complexity index is 1410. The highest BCUT2D eigenvalue weighted by molar-refractivity contribution is 7.89. The molecule has 0 radical (unpaired) electrons. The summed E-state index contributed by atoms with van der Waals surface area (Å²) < 4.78 is 32.9. The summed E-state index contributed by atoms with van der Waals surface area (Å²) in [7, 11) is -3.16. The maximum atomic E-state index is 13.6. The predicted octanol–water partition coefficient (Wildman–Crippen LogP) is 4.57. The molecule has 7 nitrogen and oxygen atoms in total. The van der Waals surface area contributed by atoms with Crippen molar-refractivity contribution in [1.29, 1.82) is 0 Å². The average Bonchev–Trinajstić information content (AvgIpc) is 2.82. The second kappa shape index (κ2) is 9.50. The van der Waals surface area contributed by atoms with Crippen LogP contribution in [0.5, 0.6) is 0 Å². The van der Waals surface area contributed by atoms with E-state index in [0.29, 0.717) is 26.9 Å². The van der Waals surface area contributed by atoms with Crippen molar-refractivity contribution in [3.8, 4) is 0 Å². The van der Waals surface area contributed by atoms with E-state index in [-0.39, 0.29) is 16.2 Å². The van der Waals surface area contributed by atoms with E-state index >= 15 is 0 Å². The largest absolute Gasteiger partial charge is 0.464 e. The Balaban J connectivity index is 1.88. The second-order valence-electron chi connectivity index (χ2n) is 7.29. The topological polar surface area (TPSA) is 92.8 Å². The Morgan fingerprint density at radius 1 is 0.941 bits per heavy atom. The van der Waals surface area contributed by atoms with Crippen molar-refractivity contribution in [2.45, 2.75) is 4.90 Å². The fourth-order valence-electron chi connectivity index (χ4n) is 3.64. The number of hydrogen-bond acceptors (Lipinski definition) is 5. The number of methoxy groups -OCH3 is 1. The third-order valence-corrected chi connectivity index (χ3v) is 7.41. The van der Waals surface area contributed by atoms with E-state index in [1.54, 1.807) is 54.6 Å². The SMILES string of the molecule is COC(=O)C1=C(c2ccccc2)c2cc(Cl)ccc2S(=O)(=O)N1CC(=O)Nc1ccc(Cl)cc1. The van der Waals surface area contributed by atoms with E-state index in [2.05, 4.69) is 5.32 Å². The molecule has 10 heteroatoms. The molecule has 0 aromatic heterocycles. The van der Waals surface area contributed by atoms with Gasteiger partial charge in [-0.3, -0.25) is 4.79 Å². The standard InChI is InChI=1S/C24H18Cl2N2O5S/c1-33-24(30)23-22(15-5-3-2-4-6-15)19-13-17(26)9-12-20(19)34(31,32)28(23)14-21(29)27-18-10-7-16(25)8-11-18/h2-13H,14H2,1H3,(H,27,29). The van der Waals surface area contributed by atoms with E-state index in [1.807, 2.05) is 0 Å². The summed E-state index contributed by atoms with van der Waals surface area (Å²) in [5.74, 6) is -1.57. The summed E-state index contributed by atoms with van der Waals surface area (Å²) in [5, 5.41) is 3.39. The average molecular weight is 517 g/mol. The molecule has 0 spiro atoms. The number of ether oxygens (including phenoxy) is 1. The van der Waals surface area contributed by atoms with Crippen LogP contribution < -0.4 is 5.32 Å². The Morgan fingerprint density at radius 2 is 1.59 bits per heavy atom. The van der Waals surface area contributed by atoms with Gasteiger partial charge in [-0.25, -0.2) is 17.5 Å². The molecule has 34 heavy (non-hydrogen) atoms. The van der Waals surface area contributed by atoms with Gasteiger partial charge in [0.2, 0.25) is 5.91 Å². The number of rotatable bonds is 5. The summed E-state index contributed by atoms with van der Waals surface area (Å²) in [5.41, 5.74) is 1.23. The maximum Gasteiger partial charge on any atom is 0.356 e. The molecule has 1 heterocycles. The maximum absolute atomic E-state index is 13.6. The van der Waals surface area contributed by atoms with Gasteiger partial charge in [-0.05, 0) is 48.0 Å². The minimum absolute atomic E-state index is 0.0808. The Kier molecular flexibility index (Phi) is 6.65. The number of anilines is 1. The predicted molar refractivity (Wildman–Crippen MR) is 130 cm³/mol. The summed E-state index contributed by atoms with van der Waals surface area (Å²) in [6.07, 6.45) is 0. The van der Waals surface area contributed by atoms with Crippen molar-refractivity contribution < 1.29 is 22.7 Å². The first-order chi connectivity index (χ1) is 16.2. The molecule has 1 amide bonds. The molecule has 0 saturated carbocycles. The van der Waals surface area contributed by atoms with Crippen LogP contribution in [-0.4, -0.2) is 38.3 Å². The number of nitrogens with one attached hydrogen (secondary N) is 1. The molecule has 4 rings (SSSR count). The van der Waals surface area contributed by atoms with Crippen molar-refractivity contribution >= 4 is 56.4 Å². The highest BCUT2D eigenvalue weighted by atomic mass is 35.5. The summed E-state index contributed by atoms with van der Waals surface area (Å²) in [4.78, 5) is 25.7. The van der Waals surface area contributed by atoms with Crippen LogP contribution >= 0.6 is 23.2 Å². The minimum Gasteiger partial charge on any atom is -0.464 e. The van der Waals surface area contributed by atoms with Crippen LogP contribution in [0, 0.1) is 0 Å². The summed E-state index contributed by atoms with van der Waals surface area (Å²) >= 11 is 12.1. The summed E-state index contributed by atoms with van der Waals surface area (Å²) in [6.45, 7) is -0.659. The first-order valence-corrected chi connectivity index (χ1v) is 12.2. The van der Waals surface area contributed by atoms with Crippen molar-refractivity contribution in [2.75, 3.05) is 19.0 Å². The third-order valence-electron chi connectivity index (χ3n) is 5.12. The molecular weight excluding hydrogens is 499 g/mol. The van der Waals surface area contributed by atoms with Crippen LogP contribution in [0.3, 0.4) is 0 Å². The van der Waals surface area contributed by atoms with Gasteiger partial charge in [0, 0.05) is 26.9 Å². The number of carbonyl (C=O) groups is 2. The third kappa shape index (κ3) is 4.52. The zero-order valence-corrected chi connectivity index (χ0v) is 20.1. The highest BCUT2D eigenvalue weighted by Gasteiger charge is 2.41. The van der Waals surface area contributed by atoms with Crippen LogP contribution in [0.15, 0.2) is 83.4 Å². The molecule has 0 bridgehead atoms. The zero-order valence-electron chi connectivity index (χ0n) is 17.8. The molecule has 1 aliphatic heterocycles. The van der Waals surface area contributed by atoms with Gasteiger partial charge in [-0.1, -0.05) is 53.5 Å². The lowest BCUT2D eigenvalue weighted by Crippen LogP contribution is -2.43. The number of hydrogen-bond donors (Lipinski definition) is 1. The van der Waals surface area contributed by atoms with Gasteiger partial charge in [0.05, 0.1) is 12.0 Å². The monoisotopic (exact) mass is 516 g/mol. The van der Waals surface area contributed by atoms with E-state index in [1.165, 1.54) is 18.2 Å². The lowest BCUT2D eigenvalue weighted by Gasteiger charge is -2.32. The molecule has 0 aliphatic carbocycles. The van der Waals surface area contributed by atoms with Crippen molar-refractivity contribution in [3.63, 3.8) is 0 Å². The number of nitrogens with zero attached hydrogens (tertiary/aromatic N) is 1. The first kappa shape index (κ1) is 23.8. The van der Waals surface area contributed by atoms with Gasteiger partial charge < -0.3 is 10.1 Å². The molecule has 174 valence electrons. The first-order valence-electron chi connectivity index (χ1n) is 9.98. The Morgan fingerprint density at radius 3 is 2.24 bits per heavy atom. The van der Waals surface area contributed by atoms with E-state index in [0.717, 1.165) is 11.4 Å². The van der Waals surface area contributed by atoms with Gasteiger partial charge in [0.15, 0.2) is 0 Å². The molecule has 1 N–H and O–H groups in total. The molecule has 0 atom stereocenters. The molecule has 1 aliphatic rings. The van der Waals surface area contributed by atoms with Gasteiger partial charge >= 0.3 is 5.97 Å². The number of fused-ring (bicyclic) bond motifs is 1. The van der Waals surface area contributed by atoms with Gasteiger partial charge in [-0.2, -0.15) is 0 Å². The minimum atomic E-state index is -4.30. The van der Waals surface area contributed by atoms with Crippen LogP contribution in [-0.2, 0) is 24.3 Å². The molecule has 3 aromatic rings. The van der Waals surface area contributed by atoms with Crippen molar-refractivity contribution in [3.05, 3.63) is 99.7 Å². The summed E-state index contributed by atoms with van der Waals surface area (Å²) in [6, 6.07) is 19.4. The second-order valence-corrected chi connectivity index (χ2v) is 9.99. The number of benzene rings is 3.